The molecule has 0 bridgehead atoms. The average Bonchev–Trinajstić information content (AvgIpc) is 2.28. The minimum Gasteiger partial charge on any atom is -0.481 e. The predicted octanol–water partition coefficient (Wildman–Crippen LogP) is 1.30. The summed E-state index contributed by atoms with van der Waals surface area (Å²) in [5, 5.41) is 9.21. The number of hydrogen-bond donors (Lipinski definition) is 1. The molecule has 1 rings (SSSR count). The van der Waals surface area contributed by atoms with E-state index in [2.05, 4.69) is 0 Å². The molecule has 0 spiro atoms. The second-order valence-corrected chi connectivity index (χ2v) is 6.74. The molecule has 1 fully saturated rings. The molecule has 0 aliphatic carbocycles. The van der Waals surface area contributed by atoms with Crippen molar-refractivity contribution in [3.8, 4) is 0 Å². The molecule has 1 aliphatic rings. The zero-order valence-electron chi connectivity index (χ0n) is 10.5. The summed E-state index contributed by atoms with van der Waals surface area (Å²) in [4.78, 5) is 11.2. The van der Waals surface area contributed by atoms with E-state index in [9.17, 15) is 18.3 Å². The molecule has 5 nitrogen and oxygen atoms in total. The van der Waals surface area contributed by atoms with Gasteiger partial charge in [0.25, 0.3) is 0 Å². The van der Waals surface area contributed by atoms with E-state index in [1.807, 2.05) is 13.8 Å². The van der Waals surface area contributed by atoms with Crippen LogP contribution in [-0.4, -0.2) is 42.6 Å². The van der Waals surface area contributed by atoms with E-state index in [0.717, 1.165) is 0 Å². The lowest BCUT2D eigenvalue weighted by Crippen LogP contribution is -2.46. The number of carboxylic acids is 1. The first kappa shape index (κ1) is 14.4. The summed E-state index contributed by atoms with van der Waals surface area (Å²) in [5.41, 5.74) is -0.724. The minimum atomic E-state index is -3.18. The molecule has 0 unspecified atom stereocenters. The molecule has 0 aromatic rings. The number of carbonyl (C=O) groups is 1. The van der Waals surface area contributed by atoms with Crippen LogP contribution in [0.25, 0.3) is 0 Å². The smallest absolute Gasteiger partial charge is 0.309 e. The van der Waals surface area contributed by atoms with Gasteiger partial charge in [-0.15, -0.1) is 0 Å². The van der Waals surface area contributed by atoms with Gasteiger partial charge in [-0.3, -0.25) is 4.79 Å². The van der Waals surface area contributed by atoms with Crippen molar-refractivity contribution in [1.29, 1.82) is 0 Å². The Balaban J connectivity index is 2.71. The fraction of sp³-hybridized carbons (Fsp3) is 0.909. The first-order valence-corrected chi connectivity index (χ1v) is 7.70. The highest BCUT2D eigenvalue weighted by Crippen LogP contribution is 2.35. The Kier molecular flexibility index (Phi) is 4.55. The van der Waals surface area contributed by atoms with Crippen molar-refractivity contribution in [3.63, 3.8) is 0 Å². The van der Waals surface area contributed by atoms with Gasteiger partial charge in [0.05, 0.1) is 11.2 Å². The maximum Gasteiger partial charge on any atom is 0.309 e. The minimum absolute atomic E-state index is 0.152. The van der Waals surface area contributed by atoms with Gasteiger partial charge in [0, 0.05) is 13.1 Å². The molecule has 1 saturated heterocycles. The monoisotopic (exact) mass is 263 g/mol. The Hall–Kier alpha value is -0.620. The Morgan fingerprint density at radius 2 is 1.82 bits per heavy atom. The van der Waals surface area contributed by atoms with Crippen LogP contribution < -0.4 is 0 Å². The highest BCUT2D eigenvalue weighted by molar-refractivity contribution is 7.89. The molecule has 0 atom stereocenters. The summed E-state index contributed by atoms with van der Waals surface area (Å²) in [6.07, 6.45) is 1.99. The van der Waals surface area contributed by atoms with Crippen LogP contribution >= 0.6 is 0 Å². The van der Waals surface area contributed by atoms with Gasteiger partial charge in [0.15, 0.2) is 0 Å². The largest absolute Gasteiger partial charge is 0.481 e. The SMILES string of the molecule is CCCS(=O)(=O)N1CCC(CC)(C(=O)O)CC1. The second-order valence-electron chi connectivity index (χ2n) is 4.65. The Morgan fingerprint density at radius 3 is 2.18 bits per heavy atom. The van der Waals surface area contributed by atoms with Crippen molar-refractivity contribution in [2.75, 3.05) is 18.8 Å². The van der Waals surface area contributed by atoms with Gasteiger partial charge < -0.3 is 5.11 Å². The van der Waals surface area contributed by atoms with Gasteiger partial charge in [-0.2, -0.15) is 0 Å². The molecular weight excluding hydrogens is 242 g/mol. The molecule has 100 valence electrons. The normalized spacial score (nSPS) is 21.3. The Morgan fingerprint density at radius 1 is 1.29 bits per heavy atom. The highest BCUT2D eigenvalue weighted by Gasteiger charge is 2.42. The summed E-state index contributed by atoms with van der Waals surface area (Å²) in [6.45, 7) is 4.35. The molecular formula is C11H21NO4S. The predicted molar refractivity (Wildman–Crippen MR) is 65.2 cm³/mol. The third kappa shape index (κ3) is 2.98. The van der Waals surface area contributed by atoms with Crippen molar-refractivity contribution < 1.29 is 18.3 Å². The Bertz CT molecular complexity index is 369. The molecule has 0 saturated carbocycles. The first-order valence-electron chi connectivity index (χ1n) is 6.09. The second kappa shape index (κ2) is 5.35. The molecule has 17 heavy (non-hydrogen) atoms. The fourth-order valence-electron chi connectivity index (χ4n) is 2.30. The molecule has 0 amide bonds. The third-order valence-electron chi connectivity index (χ3n) is 3.67. The van der Waals surface area contributed by atoms with Crippen molar-refractivity contribution in [2.24, 2.45) is 5.41 Å². The number of aliphatic carboxylic acids is 1. The van der Waals surface area contributed by atoms with Crippen LogP contribution in [0.3, 0.4) is 0 Å². The van der Waals surface area contributed by atoms with Gasteiger partial charge >= 0.3 is 5.97 Å². The number of rotatable bonds is 5. The standard InChI is InChI=1S/C11H21NO4S/c1-3-9-17(15,16)12-7-5-11(4-2,6-8-12)10(13)14/h3-9H2,1-2H3,(H,13,14). The topological polar surface area (TPSA) is 74.7 Å². The van der Waals surface area contributed by atoms with Crippen LogP contribution in [0.5, 0.6) is 0 Å². The van der Waals surface area contributed by atoms with E-state index in [1.165, 1.54) is 4.31 Å². The zero-order chi connectivity index (χ0) is 13.1. The number of nitrogens with zero attached hydrogens (tertiary/aromatic N) is 1. The summed E-state index contributed by atoms with van der Waals surface area (Å²) in [5.74, 6) is -0.647. The zero-order valence-corrected chi connectivity index (χ0v) is 11.3. The van der Waals surface area contributed by atoms with Gasteiger partial charge in [0.1, 0.15) is 0 Å². The van der Waals surface area contributed by atoms with E-state index in [-0.39, 0.29) is 5.75 Å². The molecule has 0 aromatic heterocycles. The summed E-state index contributed by atoms with van der Waals surface area (Å²) < 4.78 is 25.1. The van der Waals surface area contributed by atoms with E-state index < -0.39 is 21.4 Å². The summed E-state index contributed by atoms with van der Waals surface area (Å²) in [7, 11) is -3.18. The van der Waals surface area contributed by atoms with Crippen molar-refractivity contribution in [3.05, 3.63) is 0 Å². The molecule has 0 aromatic carbocycles. The number of hydrogen-bond acceptors (Lipinski definition) is 3. The van der Waals surface area contributed by atoms with E-state index in [0.29, 0.717) is 38.8 Å². The highest BCUT2D eigenvalue weighted by atomic mass is 32.2. The third-order valence-corrected chi connectivity index (χ3v) is 5.74. The van der Waals surface area contributed by atoms with Crippen molar-refractivity contribution in [2.45, 2.75) is 39.5 Å². The average molecular weight is 263 g/mol. The molecule has 6 heteroatoms. The molecule has 1 heterocycles. The maximum absolute atomic E-state index is 11.8. The van der Waals surface area contributed by atoms with Gasteiger partial charge in [-0.1, -0.05) is 13.8 Å². The first-order chi connectivity index (χ1) is 7.88. The van der Waals surface area contributed by atoms with E-state index in [4.69, 9.17) is 0 Å². The molecule has 1 N–H and O–H groups in total. The van der Waals surface area contributed by atoms with Gasteiger partial charge in [-0.05, 0) is 25.7 Å². The Labute approximate surface area is 103 Å². The van der Waals surface area contributed by atoms with Crippen LogP contribution in [0.1, 0.15) is 39.5 Å². The lowest BCUT2D eigenvalue weighted by Gasteiger charge is -2.37. The van der Waals surface area contributed by atoms with Crippen LogP contribution in [-0.2, 0) is 14.8 Å². The van der Waals surface area contributed by atoms with Crippen LogP contribution in [0, 0.1) is 5.41 Å². The van der Waals surface area contributed by atoms with Crippen molar-refractivity contribution >= 4 is 16.0 Å². The quantitative estimate of drug-likeness (QED) is 0.811. The number of sulfonamides is 1. The van der Waals surface area contributed by atoms with E-state index in [1.54, 1.807) is 0 Å². The van der Waals surface area contributed by atoms with Crippen LogP contribution in [0.4, 0.5) is 0 Å². The molecule has 1 aliphatic heterocycles. The number of piperidine rings is 1. The summed E-state index contributed by atoms with van der Waals surface area (Å²) in [6, 6.07) is 0. The van der Waals surface area contributed by atoms with Crippen LogP contribution in [0.2, 0.25) is 0 Å². The molecule has 0 radical (unpaired) electrons. The van der Waals surface area contributed by atoms with Gasteiger partial charge in [0.2, 0.25) is 10.0 Å². The van der Waals surface area contributed by atoms with Gasteiger partial charge in [-0.25, -0.2) is 12.7 Å². The lowest BCUT2D eigenvalue weighted by molar-refractivity contribution is -0.151. The van der Waals surface area contributed by atoms with Crippen LogP contribution in [0.15, 0.2) is 0 Å². The van der Waals surface area contributed by atoms with Crippen molar-refractivity contribution in [1.82, 2.24) is 4.31 Å². The summed E-state index contributed by atoms with van der Waals surface area (Å²) >= 11 is 0. The fourth-order valence-corrected chi connectivity index (χ4v) is 3.81. The maximum atomic E-state index is 11.8. The lowest BCUT2D eigenvalue weighted by atomic mass is 9.77. The van der Waals surface area contributed by atoms with E-state index >= 15 is 0 Å². The number of carboxylic acid groups (broad SMARTS) is 1.